The van der Waals surface area contributed by atoms with Gasteiger partial charge in [0, 0.05) is 37.8 Å². The van der Waals surface area contributed by atoms with Crippen molar-refractivity contribution in [2.75, 3.05) is 32.1 Å². The predicted molar refractivity (Wildman–Crippen MR) is 102 cm³/mol. The molecular formula is C20H27N3O3. The van der Waals surface area contributed by atoms with Crippen molar-refractivity contribution in [2.45, 2.75) is 31.7 Å². The van der Waals surface area contributed by atoms with Crippen molar-refractivity contribution < 1.29 is 9.66 Å². The van der Waals surface area contributed by atoms with Crippen molar-refractivity contribution in [3.63, 3.8) is 0 Å². The van der Waals surface area contributed by atoms with Crippen LogP contribution in [0.1, 0.15) is 25.7 Å². The Balaban J connectivity index is 1.32. The molecule has 0 unspecified atom stereocenters. The van der Waals surface area contributed by atoms with Crippen molar-refractivity contribution in [3.05, 3.63) is 40.5 Å². The van der Waals surface area contributed by atoms with Gasteiger partial charge in [-0.05, 0) is 49.5 Å². The van der Waals surface area contributed by atoms with Crippen molar-refractivity contribution >= 4 is 11.4 Å². The van der Waals surface area contributed by atoms with Crippen LogP contribution >= 0.6 is 0 Å². The Morgan fingerprint density at radius 3 is 2.69 bits per heavy atom. The molecule has 0 spiro atoms. The van der Waals surface area contributed by atoms with Crippen LogP contribution in [-0.4, -0.2) is 42.6 Å². The molecule has 1 saturated heterocycles. The summed E-state index contributed by atoms with van der Waals surface area (Å²) in [4.78, 5) is 13.3. The molecule has 1 aromatic carbocycles. The Kier molecular flexibility index (Phi) is 4.85. The first-order valence-corrected chi connectivity index (χ1v) is 9.62. The first kappa shape index (κ1) is 17.3. The molecule has 3 atom stereocenters. The van der Waals surface area contributed by atoms with Gasteiger partial charge in [-0.15, -0.1) is 0 Å². The summed E-state index contributed by atoms with van der Waals surface area (Å²) < 4.78 is 5.36. The number of anilines is 1. The molecule has 1 saturated carbocycles. The van der Waals surface area contributed by atoms with Crippen molar-refractivity contribution in [2.24, 2.45) is 17.8 Å². The van der Waals surface area contributed by atoms with E-state index in [-0.39, 0.29) is 10.6 Å². The highest BCUT2D eigenvalue weighted by molar-refractivity contribution is 5.62. The highest BCUT2D eigenvalue weighted by Crippen LogP contribution is 2.43. The summed E-state index contributed by atoms with van der Waals surface area (Å²) in [6.07, 6.45) is 9.69. The quantitative estimate of drug-likeness (QED) is 0.478. The minimum absolute atomic E-state index is 0.0927. The fourth-order valence-electron chi connectivity index (χ4n) is 4.84. The highest BCUT2D eigenvalue weighted by atomic mass is 16.6. The van der Waals surface area contributed by atoms with Gasteiger partial charge in [0.25, 0.3) is 5.69 Å². The van der Waals surface area contributed by atoms with Gasteiger partial charge in [0.1, 0.15) is 5.75 Å². The molecule has 2 fully saturated rings. The zero-order valence-electron chi connectivity index (χ0n) is 15.3. The molecule has 140 valence electrons. The number of non-ortho nitro benzene ring substituents is 1. The number of likely N-dealkylation sites (tertiary alicyclic amines) is 1. The number of allylic oxidation sites excluding steroid dienone is 2. The third kappa shape index (κ3) is 3.56. The molecule has 4 rings (SSSR count). The first-order chi connectivity index (χ1) is 12.6. The summed E-state index contributed by atoms with van der Waals surface area (Å²) in [5, 5.41) is 14.5. The van der Waals surface area contributed by atoms with E-state index < -0.39 is 0 Å². The third-order valence-electron chi connectivity index (χ3n) is 6.25. The van der Waals surface area contributed by atoms with E-state index in [1.807, 2.05) is 0 Å². The molecular weight excluding hydrogens is 330 g/mol. The van der Waals surface area contributed by atoms with Crippen LogP contribution in [0.25, 0.3) is 0 Å². The summed E-state index contributed by atoms with van der Waals surface area (Å²) in [6, 6.07) is 5.06. The second-order valence-corrected chi connectivity index (χ2v) is 7.90. The van der Waals surface area contributed by atoms with Gasteiger partial charge in [0.15, 0.2) is 0 Å². The lowest BCUT2D eigenvalue weighted by atomic mass is 9.92. The summed E-state index contributed by atoms with van der Waals surface area (Å²) >= 11 is 0. The average molecular weight is 357 g/mol. The number of nitro groups is 1. The Bertz CT molecular complexity index is 698. The predicted octanol–water partition coefficient (Wildman–Crippen LogP) is 3.69. The van der Waals surface area contributed by atoms with Crippen LogP contribution in [0.5, 0.6) is 5.75 Å². The zero-order chi connectivity index (χ0) is 18.1. The normalized spacial score (nSPS) is 28.4. The third-order valence-corrected chi connectivity index (χ3v) is 6.25. The number of methoxy groups -OCH3 is 1. The van der Waals surface area contributed by atoms with Crippen molar-refractivity contribution in [1.82, 2.24) is 4.90 Å². The second-order valence-electron chi connectivity index (χ2n) is 7.90. The smallest absolute Gasteiger partial charge is 0.271 e. The monoisotopic (exact) mass is 357 g/mol. The van der Waals surface area contributed by atoms with Gasteiger partial charge < -0.3 is 15.0 Å². The summed E-state index contributed by atoms with van der Waals surface area (Å²) in [6.45, 7) is 3.40. The Labute approximate surface area is 154 Å². The summed E-state index contributed by atoms with van der Waals surface area (Å²) in [7, 11) is 1.60. The fraction of sp³-hybridized carbons (Fsp3) is 0.600. The van der Waals surface area contributed by atoms with Gasteiger partial charge in [-0.25, -0.2) is 0 Å². The highest BCUT2D eigenvalue weighted by Gasteiger charge is 2.36. The standard InChI is InChI=1S/C20H27N3O3/c1-26-20-5-4-18(23(24)25)12-19(20)21-17-6-8-22(9-7-17)13-16-11-14-2-3-15(16)10-14/h2-5,12,14-17,21H,6-11,13H2,1H3/t14-,15+,16+/m0/s1. The first-order valence-electron chi connectivity index (χ1n) is 9.62. The van der Waals surface area contributed by atoms with Gasteiger partial charge in [0.2, 0.25) is 0 Å². The lowest BCUT2D eigenvalue weighted by Gasteiger charge is -2.35. The molecule has 1 N–H and O–H groups in total. The molecule has 1 aromatic rings. The number of benzene rings is 1. The molecule has 6 nitrogen and oxygen atoms in total. The maximum absolute atomic E-state index is 11.0. The topological polar surface area (TPSA) is 67.6 Å². The second kappa shape index (κ2) is 7.27. The van der Waals surface area contributed by atoms with E-state index in [1.165, 1.54) is 25.5 Å². The summed E-state index contributed by atoms with van der Waals surface area (Å²) in [5.74, 6) is 3.15. The SMILES string of the molecule is COc1ccc([N+](=O)[O-])cc1NC1CCN(C[C@H]2C[C@H]3C=C[C@@H]2C3)CC1. The van der Waals surface area contributed by atoms with Crippen molar-refractivity contribution in [3.8, 4) is 5.75 Å². The lowest BCUT2D eigenvalue weighted by Crippen LogP contribution is -2.41. The van der Waals surface area contributed by atoms with Crippen LogP contribution in [0, 0.1) is 27.9 Å². The van der Waals surface area contributed by atoms with E-state index in [9.17, 15) is 10.1 Å². The van der Waals surface area contributed by atoms with E-state index in [2.05, 4.69) is 22.4 Å². The van der Waals surface area contributed by atoms with Gasteiger partial charge in [0.05, 0.1) is 17.7 Å². The van der Waals surface area contributed by atoms with Gasteiger partial charge >= 0.3 is 0 Å². The number of fused-ring (bicyclic) bond motifs is 2. The van der Waals surface area contributed by atoms with Crippen molar-refractivity contribution in [1.29, 1.82) is 0 Å². The molecule has 1 aliphatic heterocycles. The number of nitro benzene ring substituents is 1. The van der Waals surface area contributed by atoms with E-state index in [1.54, 1.807) is 19.2 Å². The van der Waals surface area contributed by atoms with Crippen LogP contribution in [0.3, 0.4) is 0 Å². The van der Waals surface area contributed by atoms with E-state index >= 15 is 0 Å². The van der Waals surface area contributed by atoms with Crippen LogP contribution in [-0.2, 0) is 0 Å². The van der Waals surface area contributed by atoms with Crippen LogP contribution in [0.15, 0.2) is 30.4 Å². The molecule has 6 heteroatoms. The largest absolute Gasteiger partial charge is 0.495 e. The molecule has 2 bridgehead atoms. The lowest BCUT2D eigenvalue weighted by molar-refractivity contribution is -0.384. The van der Waals surface area contributed by atoms with E-state index in [0.717, 1.165) is 49.4 Å². The Morgan fingerprint density at radius 1 is 1.27 bits per heavy atom. The van der Waals surface area contributed by atoms with E-state index in [0.29, 0.717) is 11.8 Å². The van der Waals surface area contributed by atoms with Crippen LogP contribution < -0.4 is 10.1 Å². The van der Waals surface area contributed by atoms with Gasteiger partial charge in [-0.1, -0.05) is 12.2 Å². The Hall–Kier alpha value is -2.08. The molecule has 0 aromatic heterocycles. The fourth-order valence-corrected chi connectivity index (χ4v) is 4.84. The van der Waals surface area contributed by atoms with E-state index in [4.69, 9.17) is 4.74 Å². The van der Waals surface area contributed by atoms with Crippen LogP contribution in [0.4, 0.5) is 11.4 Å². The molecule has 2 aliphatic carbocycles. The number of hydrogen-bond donors (Lipinski definition) is 1. The number of nitrogens with zero attached hydrogens (tertiary/aromatic N) is 2. The zero-order valence-corrected chi connectivity index (χ0v) is 15.3. The maximum Gasteiger partial charge on any atom is 0.271 e. The van der Waals surface area contributed by atoms with Gasteiger partial charge in [-0.2, -0.15) is 0 Å². The molecule has 0 radical (unpaired) electrons. The number of hydrogen-bond acceptors (Lipinski definition) is 5. The molecule has 3 aliphatic rings. The maximum atomic E-state index is 11.0. The number of nitrogens with one attached hydrogen (secondary N) is 1. The minimum atomic E-state index is -0.364. The minimum Gasteiger partial charge on any atom is -0.495 e. The number of ether oxygens (including phenoxy) is 1. The molecule has 26 heavy (non-hydrogen) atoms. The average Bonchev–Trinajstić information content (AvgIpc) is 3.26. The Morgan fingerprint density at radius 2 is 2.08 bits per heavy atom. The van der Waals surface area contributed by atoms with Crippen LogP contribution in [0.2, 0.25) is 0 Å². The van der Waals surface area contributed by atoms with Gasteiger partial charge in [-0.3, -0.25) is 10.1 Å². The molecule has 0 amide bonds. The number of piperidine rings is 1. The number of rotatable bonds is 6. The summed E-state index contributed by atoms with van der Waals surface area (Å²) in [5.41, 5.74) is 0.813. The molecule has 1 heterocycles.